The minimum Gasteiger partial charge on any atom is -0.382 e. The van der Waals surface area contributed by atoms with Crippen molar-refractivity contribution in [2.75, 3.05) is 18.5 Å². The highest BCUT2D eigenvalue weighted by molar-refractivity contribution is 6.33. The van der Waals surface area contributed by atoms with Crippen LogP contribution in [0, 0.1) is 0 Å². The first-order chi connectivity index (χ1) is 7.36. The van der Waals surface area contributed by atoms with Gasteiger partial charge in [0.2, 0.25) is 0 Å². The first-order valence-corrected chi connectivity index (χ1v) is 5.84. The zero-order valence-electron chi connectivity index (χ0n) is 8.71. The number of nitrogens with one attached hydrogen (secondary N) is 1. The summed E-state index contributed by atoms with van der Waals surface area (Å²) < 4.78 is 5.63. The van der Waals surface area contributed by atoms with E-state index in [2.05, 4.69) is 5.32 Å². The highest BCUT2D eigenvalue weighted by Crippen LogP contribution is 2.22. The predicted octanol–water partition coefficient (Wildman–Crippen LogP) is 3.32. The Morgan fingerprint density at radius 1 is 1.33 bits per heavy atom. The average molecular weight is 226 g/mol. The molecular formula is C12H16ClNO. The Morgan fingerprint density at radius 2 is 2.13 bits per heavy atom. The summed E-state index contributed by atoms with van der Waals surface area (Å²) in [4.78, 5) is 0. The van der Waals surface area contributed by atoms with Crippen molar-refractivity contribution in [3.8, 4) is 0 Å². The van der Waals surface area contributed by atoms with Crippen LogP contribution in [0.4, 0.5) is 5.69 Å². The largest absolute Gasteiger partial charge is 0.382 e. The van der Waals surface area contributed by atoms with Crippen LogP contribution >= 0.6 is 11.6 Å². The van der Waals surface area contributed by atoms with Gasteiger partial charge in [-0.3, -0.25) is 0 Å². The third-order valence-electron chi connectivity index (χ3n) is 2.70. The van der Waals surface area contributed by atoms with Crippen molar-refractivity contribution < 1.29 is 4.74 Å². The monoisotopic (exact) mass is 225 g/mol. The van der Waals surface area contributed by atoms with Crippen LogP contribution < -0.4 is 5.32 Å². The van der Waals surface area contributed by atoms with Gasteiger partial charge < -0.3 is 10.1 Å². The Kier molecular flexibility index (Phi) is 3.87. The van der Waals surface area contributed by atoms with E-state index in [0.717, 1.165) is 23.9 Å². The molecule has 1 aromatic carbocycles. The van der Waals surface area contributed by atoms with E-state index in [1.807, 2.05) is 24.3 Å². The first-order valence-electron chi connectivity index (χ1n) is 5.46. The van der Waals surface area contributed by atoms with Crippen molar-refractivity contribution in [3.05, 3.63) is 29.3 Å². The van der Waals surface area contributed by atoms with Crippen LogP contribution in [0.1, 0.15) is 19.3 Å². The Hall–Kier alpha value is -0.730. The second kappa shape index (κ2) is 5.38. The third kappa shape index (κ3) is 3.11. The lowest BCUT2D eigenvalue weighted by Gasteiger charge is -2.25. The van der Waals surface area contributed by atoms with Gasteiger partial charge in [-0.1, -0.05) is 23.7 Å². The molecule has 0 bridgehead atoms. The zero-order valence-corrected chi connectivity index (χ0v) is 9.46. The van der Waals surface area contributed by atoms with Gasteiger partial charge in [-0.2, -0.15) is 0 Å². The molecule has 0 amide bonds. The molecule has 0 radical (unpaired) electrons. The second-order valence-corrected chi connectivity index (χ2v) is 4.24. The standard InChI is InChI=1S/C12H16ClNO/c13-11-6-1-2-7-12(11)14-8-9-15-10-4-3-5-10/h1-2,6-7,10,14H,3-5,8-9H2. The molecule has 15 heavy (non-hydrogen) atoms. The molecule has 1 aliphatic carbocycles. The summed E-state index contributed by atoms with van der Waals surface area (Å²) in [6.45, 7) is 1.58. The van der Waals surface area contributed by atoms with Gasteiger partial charge in [-0.15, -0.1) is 0 Å². The summed E-state index contributed by atoms with van der Waals surface area (Å²) in [7, 11) is 0. The number of para-hydroxylation sites is 1. The quantitative estimate of drug-likeness (QED) is 0.777. The SMILES string of the molecule is Clc1ccccc1NCCOC1CCC1. The van der Waals surface area contributed by atoms with E-state index in [1.54, 1.807) is 0 Å². The molecule has 82 valence electrons. The summed E-state index contributed by atoms with van der Waals surface area (Å²) in [5.74, 6) is 0. The Morgan fingerprint density at radius 3 is 2.80 bits per heavy atom. The molecule has 1 aromatic rings. The van der Waals surface area contributed by atoms with E-state index in [4.69, 9.17) is 16.3 Å². The Labute approximate surface area is 95.6 Å². The second-order valence-electron chi connectivity index (χ2n) is 3.83. The molecule has 3 heteroatoms. The molecule has 0 aliphatic heterocycles. The molecule has 1 fully saturated rings. The van der Waals surface area contributed by atoms with E-state index in [1.165, 1.54) is 19.3 Å². The fourth-order valence-corrected chi connectivity index (χ4v) is 1.76. The molecule has 0 unspecified atom stereocenters. The average Bonchev–Trinajstić information content (AvgIpc) is 2.17. The molecule has 0 spiro atoms. The summed E-state index contributed by atoms with van der Waals surface area (Å²) in [5.41, 5.74) is 0.983. The summed E-state index contributed by atoms with van der Waals surface area (Å²) in [6, 6.07) is 7.77. The van der Waals surface area contributed by atoms with Gasteiger partial charge in [0, 0.05) is 6.54 Å². The van der Waals surface area contributed by atoms with Crippen LogP contribution in [-0.4, -0.2) is 19.3 Å². The third-order valence-corrected chi connectivity index (χ3v) is 3.03. The van der Waals surface area contributed by atoms with E-state index in [-0.39, 0.29) is 0 Å². The summed E-state index contributed by atoms with van der Waals surface area (Å²) in [5, 5.41) is 4.02. The molecular weight excluding hydrogens is 210 g/mol. The molecule has 1 N–H and O–H groups in total. The van der Waals surface area contributed by atoms with Gasteiger partial charge >= 0.3 is 0 Å². The number of ether oxygens (including phenoxy) is 1. The molecule has 2 nitrogen and oxygen atoms in total. The topological polar surface area (TPSA) is 21.3 Å². The van der Waals surface area contributed by atoms with Gasteiger partial charge in [0.05, 0.1) is 23.4 Å². The van der Waals surface area contributed by atoms with Crippen molar-refractivity contribution in [3.63, 3.8) is 0 Å². The highest BCUT2D eigenvalue weighted by atomic mass is 35.5. The van der Waals surface area contributed by atoms with Crippen molar-refractivity contribution >= 4 is 17.3 Å². The molecule has 0 heterocycles. The fourth-order valence-electron chi connectivity index (χ4n) is 1.55. The van der Waals surface area contributed by atoms with Crippen LogP contribution in [0.3, 0.4) is 0 Å². The maximum atomic E-state index is 6.00. The van der Waals surface area contributed by atoms with E-state index in [9.17, 15) is 0 Å². The zero-order chi connectivity index (χ0) is 10.5. The van der Waals surface area contributed by atoms with E-state index in [0.29, 0.717) is 6.10 Å². The molecule has 1 aliphatic rings. The number of hydrogen-bond donors (Lipinski definition) is 1. The lowest BCUT2D eigenvalue weighted by atomic mass is 9.96. The van der Waals surface area contributed by atoms with Crippen LogP contribution in [0.25, 0.3) is 0 Å². The number of benzene rings is 1. The number of rotatable bonds is 5. The first kappa shape index (κ1) is 10.8. The number of anilines is 1. The van der Waals surface area contributed by atoms with Crippen molar-refractivity contribution in [1.29, 1.82) is 0 Å². The smallest absolute Gasteiger partial charge is 0.0642 e. The highest BCUT2D eigenvalue weighted by Gasteiger charge is 2.16. The fraction of sp³-hybridized carbons (Fsp3) is 0.500. The van der Waals surface area contributed by atoms with Crippen LogP contribution in [0.2, 0.25) is 5.02 Å². The van der Waals surface area contributed by atoms with E-state index < -0.39 is 0 Å². The lowest BCUT2D eigenvalue weighted by molar-refractivity contribution is 0.00812. The van der Waals surface area contributed by atoms with Gasteiger partial charge in [-0.25, -0.2) is 0 Å². The lowest BCUT2D eigenvalue weighted by Crippen LogP contribution is -2.24. The van der Waals surface area contributed by atoms with Crippen molar-refractivity contribution in [2.24, 2.45) is 0 Å². The maximum Gasteiger partial charge on any atom is 0.0642 e. The van der Waals surface area contributed by atoms with Gasteiger partial charge in [0.1, 0.15) is 0 Å². The van der Waals surface area contributed by atoms with Gasteiger partial charge in [0.15, 0.2) is 0 Å². The van der Waals surface area contributed by atoms with Crippen LogP contribution in [0.15, 0.2) is 24.3 Å². The minimum absolute atomic E-state index is 0.512. The summed E-state index contributed by atoms with van der Waals surface area (Å²) in [6.07, 6.45) is 4.29. The van der Waals surface area contributed by atoms with Gasteiger partial charge in [-0.05, 0) is 31.4 Å². The van der Waals surface area contributed by atoms with Crippen molar-refractivity contribution in [2.45, 2.75) is 25.4 Å². The molecule has 0 saturated heterocycles. The Bertz CT molecular complexity index is 312. The van der Waals surface area contributed by atoms with E-state index >= 15 is 0 Å². The predicted molar refractivity (Wildman–Crippen MR) is 63.5 cm³/mol. The van der Waals surface area contributed by atoms with Crippen molar-refractivity contribution in [1.82, 2.24) is 0 Å². The number of halogens is 1. The maximum absolute atomic E-state index is 6.00. The minimum atomic E-state index is 0.512. The Balaban J connectivity index is 1.66. The molecule has 0 aromatic heterocycles. The summed E-state index contributed by atoms with van der Waals surface area (Å²) >= 11 is 6.00. The van der Waals surface area contributed by atoms with Crippen LogP contribution in [0.5, 0.6) is 0 Å². The number of hydrogen-bond acceptors (Lipinski definition) is 2. The molecule has 0 atom stereocenters. The molecule has 1 saturated carbocycles. The molecule has 2 rings (SSSR count). The van der Waals surface area contributed by atoms with Gasteiger partial charge in [0.25, 0.3) is 0 Å². The van der Waals surface area contributed by atoms with Crippen LogP contribution in [-0.2, 0) is 4.74 Å². The normalized spacial score (nSPS) is 16.1.